The zero-order valence-electron chi connectivity index (χ0n) is 9.99. The Labute approximate surface area is 110 Å². The Morgan fingerprint density at radius 2 is 2.05 bits per heavy atom. The van der Waals surface area contributed by atoms with E-state index in [9.17, 15) is 22.8 Å². The topological polar surface area (TPSA) is 83.0 Å². The molecule has 20 heavy (non-hydrogen) atoms. The highest BCUT2D eigenvalue weighted by Crippen LogP contribution is 2.31. The molecular weight excluding hydrogens is 277 g/mol. The highest BCUT2D eigenvalue weighted by Gasteiger charge is 2.30. The summed E-state index contributed by atoms with van der Waals surface area (Å²) in [7, 11) is 0. The van der Waals surface area contributed by atoms with Crippen molar-refractivity contribution < 1.29 is 23.1 Å². The maximum absolute atomic E-state index is 12.6. The van der Waals surface area contributed by atoms with Gasteiger partial charge in [-0.2, -0.15) is 18.2 Å². The van der Waals surface area contributed by atoms with E-state index in [-0.39, 0.29) is 24.1 Å². The second-order valence-electron chi connectivity index (χ2n) is 4.14. The molecule has 0 unspecified atom stereocenters. The van der Waals surface area contributed by atoms with Crippen LogP contribution in [0.1, 0.15) is 17.7 Å². The van der Waals surface area contributed by atoms with Crippen LogP contribution in [0.4, 0.5) is 13.2 Å². The molecule has 0 fully saturated rings. The molecule has 2 N–H and O–H groups in total. The van der Waals surface area contributed by atoms with Gasteiger partial charge in [-0.15, -0.1) is 0 Å². The molecule has 0 aliphatic heterocycles. The number of H-pyrrole nitrogens is 1. The number of alkyl halides is 3. The van der Waals surface area contributed by atoms with Gasteiger partial charge in [-0.1, -0.05) is 6.07 Å². The average Bonchev–Trinajstić information content (AvgIpc) is 2.33. The first kappa shape index (κ1) is 14.0. The van der Waals surface area contributed by atoms with E-state index in [1.165, 1.54) is 6.07 Å². The second kappa shape index (κ2) is 4.95. The van der Waals surface area contributed by atoms with Gasteiger partial charge in [0.15, 0.2) is 0 Å². The van der Waals surface area contributed by atoms with Crippen molar-refractivity contribution in [1.82, 2.24) is 9.97 Å². The lowest BCUT2D eigenvalue weighted by molar-refractivity contribution is -0.138. The van der Waals surface area contributed by atoms with Crippen LogP contribution in [0.5, 0.6) is 0 Å². The van der Waals surface area contributed by atoms with Gasteiger partial charge in [-0.3, -0.25) is 4.79 Å². The molecule has 0 aliphatic carbocycles. The number of carboxylic acid groups (broad SMARTS) is 1. The monoisotopic (exact) mass is 286 g/mol. The highest BCUT2D eigenvalue weighted by molar-refractivity contribution is 5.82. The minimum atomic E-state index is -4.53. The Morgan fingerprint density at radius 3 is 2.65 bits per heavy atom. The third-order valence-corrected chi connectivity index (χ3v) is 2.72. The van der Waals surface area contributed by atoms with Crippen molar-refractivity contribution in [1.29, 1.82) is 0 Å². The van der Waals surface area contributed by atoms with Crippen molar-refractivity contribution in [2.75, 3.05) is 0 Å². The molecule has 0 atom stereocenters. The summed E-state index contributed by atoms with van der Waals surface area (Å²) in [5.74, 6) is -1.07. The van der Waals surface area contributed by atoms with E-state index >= 15 is 0 Å². The van der Waals surface area contributed by atoms with E-state index in [1.54, 1.807) is 0 Å². The molecule has 1 aromatic carbocycles. The third-order valence-electron chi connectivity index (χ3n) is 2.72. The van der Waals surface area contributed by atoms with Crippen LogP contribution in [-0.4, -0.2) is 21.0 Å². The molecule has 2 rings (SSSR count). The van der Waals surface area contributed by atoms with Gasteiger partial charge in [0.25, 0.3) is 0 Å². The van der Waals surface area contributed by atoms with Crippen molar-refractivity contribution in [3.05, 3.63) is 39.9 Å². The first-order valence-corrected chi connectivity index (χ1v) is 5.59. The fourth-order valence-electron chi connectivity index (χ4n) is 1.82. The standard InChI is InChI=1S/C12H9F3N2O3/c13-12(14,15)6-1-2-7-8(3-4-10(18)19)16-11(20)17-9(7)5-6/h1-2,5H,3-4H2,(H,18,19)(H,16,17,20). The Hall–Kier alpha value is -2.38. The lowest BCUT2D eigenvalue weighted by Gasteiger charge is -2.09. The van der Waals surface area contributed by atoms with Gasteiger partial charge in [0.2, 0.25) is 0 Å². The molecule has 5 nitrogen and oxygen atoms in total. The molecule has 1 heterocycles. The molecular formula is C12H9F3N2O3. The van der Waals surface area contributed by atoms with Crippen LogP contribution < -0.4 is 5.69 Å². The zero-order valence-corrected chi connectivity index (χ0v) is 9.99. The summed E-state index contributed by atoms with van der Waals surface area (Å²) < 4.78 is 37.7. The van der Waals surface area contributed by atoms with E-state index < -0.39 is 23.4 Å². The maximum Gasteiger partial charge on any atom is 0.416 e. The van der Waals surface area contributed by atoms with Gasteiger partial charge in [0, 0.05) is 11.1 Å². The minimum absolute atomic E-state index is 0.00889. The highest BCUT2D eigenvalue weighted by atomic mass is 19.4. The number of halogens is 3. The smallest absolute Gasteiger partial charge is 0.416 e. The number of fused-ring (bicyclic) bond motifs is 1. The van der Waals surface area contributed by atoms with Crippen LogP contribution in [0.2, 0.25) is 0 Å². The van der Waals surface area contributed by atoms with Crippen LogP contribution in [0.15, 0.2) is 23.0 Å². The number of aromatic nitrogens is 2. The number of nitrogens with one attached hydrogen (secondary N) is 1. The van der Waals surface area contributed by atoms with Crippen LogP contribution in [0.3, 0.4) is 0 Å². The number of aromatic amines is 1. The van der Waals surface area contributed by atoms with Gasteiger partial charge in [-0.25, -0.2) is 4.79 Å². The Morgan fingerprint density at radius 1 is 1.35 bits per heavy atom. The number of carboxylic acids is 1. The van der Waals surface area contributed by atoms with Crippen LogP contribution in [0.25, 0.3) is 10.9 Å². The van der Waals surface area contributed by atoms with Crippen molar-refractivity contribution in [3.63, 3.8) is 0 Å². The van der Waals surface area contributed by atoms with Crippen molar-refractivity contribution >= 4 is 16.9 Å². The van der Waals surface area contributed by atoms with Gasteiger partial charge in [-0.05, 0) is 18.6 Å². The summed E-state index contributed by atoms with van der Waals surface area (Å²) in [4.78, 5) is 27.7. The minimum Gasteiger partial charge on any atom is -0.481 e. The maximum atomic E-state index is 12.6. The fourth-order valence-corrected chi connectivity index (χ4v) is 1.82. The van der Waals surface area contributed by atoms with E-state index in [4.69, 9.17) is 5.11 Å². The van der Waals surface area contributed by atoms with Crippen molar-refractivity contribution in [2.24, 2.45) is 0 Å². The van der Waals surface area contributed by atoms with Crippen molar-refractivity contribution in [2.45, 2.75) is 19.0 Å². The molecule has 0 radical (unpaired) electrons. The zero-order chi connectivity index (χ0) is 14.9. The fraction of sp³-hybridized carbons (Fsp3) is 0.250. The number of hydrogen-bond acceptors (Lipinski definition) is 3. The number of aliphatic carboxylic acids is 1. The molecule has 0 saturated carbocycles. The third kappa shape index (κ3) is 2.95. The lowest BCUT2D eigenvalue weighted by Crippen LogP contribution is -2.15. The molecule has 106 valence electrons. The number of hydrogen-bond donors (Lipinski definition) is 2. The van der Waals surface area contributed by atoms with E-state index in [0.29, 0.717) is 5.39 Å². The van der Waals surface area contributed by atoms with Crippen LogP contribution in [-0.2, 0) is 17.4 Å². The number of aryl methyl sites for hydroxylation is 1. The van der Waals surface area contributed by atoms with Gasteiger partial charge >= 0.3 is 17.8 Å². The number of carbonyl (C=O) groups is 1. The Balaban J connectivity index is 2.55. The molecule has 0 spiro atoms. The average molecular weight is 286 g/mol. The summed E-state index contributed by atoms with van der Waals surface area (Å²) in [6.45, 7) is 0. The quantitative estimate of drug-likeness (QED) is 0.903. The Kier molecular flexibility index (Phi) is 3.47. The summed E-state index contributed by atoms with van der Waals surface area (Å²) in [6.07, 6.45) is -4.76. The first-order valence-electron chi connectivity index (χ1n) is 5.59. The molecule has 0 saturated heterocycles. The Bertz CT molecular complexity index is 722. The summed E-state index contributed by atoms with van der Waals surface area (Å²) in [5, 5.41) is 8.92. The first-order chi connectivity index (χ1) is 9.27. The second-order valence-corrected chi connectivity index (χ2v) is 4.14. The molecule has 0 aliphatic rings. The van der Waals surface area contributed by atoms with Crippen molar-refractivity contribution in [3.8, 4) is 0 Å². The van der Waals surface area contributed by atoms with E-state index in [0.717, 1.165) is 12.1 Å². The number of rotatable bonds is 3. The van der Waals surface area contributed by atoms with Crippen LogP contribution >= 0.6 is 0 Å². The molecule has 0 bridgehead atoms. The number of benzene rings is 1. The number of nitrogens with zero attached hydrogens (tertiary/aromatic N) is 1. The largest absolute Gasteiger partial charge is 0.481 e. The molecule has 8 heteroatoms. The molecule has 1 aromatic heterocycles. The molecule has 0 amide bonds. The normalized spacial score (nSPS) is 11.8. The van der Waals surface area contributed by atoms with E-state index in [1.807, 2.05) is 0 Å². The van der Waals surface area contributed by atoms with Gasteiger partial charge in [0.1, 0.15) is 0 Å². The summed E-state index contributed by atoms with van der Waals surface area (Å²) >= 11 is 0. The van der Waals surface area contributed by atoms with E-state index in [2.05, 4.69) is 9.97 Å². The molecule has 2 aromatic rings. The predicted octanol–water partition coefficient (Wildman–Crippen LogP) is 1.96. The van der Waals surface area contributed by atoms with Crippen LogP contribution in [0, 0.1) is 0 Å². The lowest BCUT2D eigenvalue weighted by atomic mass is 10.1. The predicted molar refractivity (Wildman–Crippen MR) is 63.3 cm³/mol. The SMILES string of the molecule is O=C(O)CCc1[nH]c(=O)nc2cc(C(F)(F)F)ccc12. The summed E-state index contributed by atoms with van der Waals surface area (Å²) in [5.41, 5.74) is -1.57. The van der Waals surface area contributed by atoms with Gasteiger partial charge < -0.3 is 10.1 Å². The van der Waals surface area contributed by atoms with Gasteiger partial charge in [0.05, 0.1) is 17.5 Å². The summed E-state index contributed by atoms with van der Waals surface area (Å²) in [6, 6.07) is 2.82.